The molecule has 3 N–H and O–H groups in total. The average Bonchev–Trinajstić information content (AvgIpc) is 2.44. The van der Waals surface area contributed by atoms with Crippen LogP contribution in [0.5, 0.6) is 5.75 Å². The number of nitrogens with one attached hydrogen (secondary N) is 2. The Hall–Kier alpha value is -2.28. The van der Waals surface area contributed by atoms with Gasteiger partial charge in [-0.25, -0.2) is 9.59 Å². The minimum Gasteiger partial charge on any atom is -0.496 e. The fourth-order valence-corrected chi connectivity index (χ4v) is 1.70. The van der Waals surface area contributed by atoms with Crippen molar-refractivity contribution in [1.82, 2.24) is 5.32 Å². The van der Waals surface area contributed by atoms with Gasteiger partial charge in [0.25, 0.3) is 0 Å². The first kappa shape index (κ1) is 16.8. The fourth-order valence-electron chi connectivity index (χ4n) is 1.70. The van der Waals surface area contributed by atoms with Crippen molar-refractivity contribution in [3.63, 3.8) is 0 Å². The zero-order valence-electron chi connectivity index (χ0n) is 12.3. The summed E-state index contributed by atoms with van der Waals surface area (Å²) in [5.41, 5.74) is 0.491. The van der Waals surface area contributed by atoms with Crippen LogP contribution in [0.1, 0.15) is 23.7 Å². The van der Waals surface area contributed by atoms with Crippen LogP contribution >= 0.6 is 0 Å². The van der Waals surface area contributed by atoms with E-state index >= 15 is 0 Å². The van der Waals surface area contributed by atoms with Crippen molar-refractivity contribution in [2.45, 2.75) is 19.4 Å². The molecule has 0 saturated heterocycles. The quantitative estimate of drug-likeness (QED) is 0.714. The predicted molar refractivity (Wildman–Crippen MR) is 78.1 cm³/mol. The van der Waals surface area contributed by atoms with E-state index in [1.165, 1.54) is 25.3 Å². The van der Waals surface area contributed by atoms with E-state index in [0.717, 1.165) is 0 Å². The SMILES string of the molecule is COCCC(C)NC(=O)Nc1ccc(C(=O)O)c(OC)c1. The molecule has 0 spiro atoms. The zero-order chi connectivity index (χ0) is 15.8. The van der Waals surface area contributed by atoms with Crippen LogP contribution in [0.25, 0.3) is 0 Å². The molecule has 0 aromatic heterocycles. The van der Waals surface area contributed by atoms with Gasteiger partial charge in [-0.15, -0.1) is 0 Å². The Morgan fingerprint density at radius 3 is 2.62 bits per heavy atom. The van der Waals surface area contributed by atoms with Gasteiger partial charge in [-0.1, -0.05) is 0 Å². The summed E-state index contributed by atoms with van der Waals surface area (Å²) in [6, 6.07) is 3.94. The van der Waals surface area contributed by atoms with E-state index in [-0.39, 0.29) is 23.4 Å². The van der Waals surface area contributed by atoms with Gasteiger partial charge in [-0.2, -0.15) is 0 Å². The maximum atomic E-state index is 11.8. The third kappa shape index (κ3) is 5.31. The molecule has 21 heavy (non-hydrogen) atoms. The number of carboxylic acid groups (broad SMARTS) is 1. The van der Waals surface area contributed by atoms with Crippen LogP contribution in [0.3, 0.4) is 0 Å². The average molecular weight is 296 g/mol. The molecule has 116 valence electrons. The molecule has 2 amide bonds. The number of aromatic carboxylic acids is 1. The van der Waals surface area contributed by atoms with E-state index in [1.807, 2.05) is 6.92 Å². The molecular formula is C14H20N2O5. The first-order chi connectivity index (χ1) is 9.97. The molecule has 1 aromatic carbocycles. The highest BCUT2D eigenvalue weighted by Crippen LogP contribution is 2.23. The second kappa shape index (κ2) is 8.11. The maximum Gasteiger partial charge on any atom is 0.339 e. The number of carboxylic acids is 1. The van der Waals surface area contributed by atoms with Gasteiger partial charge < -0.3 is 25.2 Å². The second-order valence-corrected chi connectivity index (χ2v) is 4.50. The zero-order valence-corrected chi connectivity index (χ0v) is 12.3. The fraction of sp³-hybridized carbons (Fsp3) is 0.429. The smallest absolute Gasteiger partial charge is 0.339 e. The van der Waals surface area contributed by atoms with Crippen LogP contribution in [0.2, 0.25) is 0 Å². The van der Waals surface area contributed by atoms with Gasteiger partial charge in [0.05, 0.1) is 7.11 Å². The number of hydrogen-bond donors (Lipinski definition) is 3. The summed E-state index contributed by atoms with van der Waals surface area (Å²) in [7, 11) is 2.97. The molecule has 0 fully saturated rings. The van der Waals surface area contributed by atoms with E-state index in [1.54, 1.807) is 7.11 Å². The molecule has 1 rings (SSSR count). The Bertz CT molecular complexity index is 504. The van der Waals surface area contributed by atoms with E-state index in [4.69, 9.17) is 14.6 Å². The summed E-state index contributed by atoms with van der Waals surface area (Å²) < 4.78 is 9.93. The van der Waals surface area contributed by atoms with Gasteiger partial charge >= 0.3 is 12.0 Å². The van der Waals surface area contributed by atoms with Crippen molar-refractivity contribution >= 4 is 17.7 Å². The molecule has 0 radical (unpaired) electrons. The van der Waals surface area contributed by atoms with Crippen LogP contribution in [-0.2, 0) is 4.74 Å². The van der Waals surface area contributed by atoms with Crippen LogP contribution in [0.15, 0.2) is 18.2 Å². The number of benzene rings is 1. The number of methoxy groups -OCH3 is 2. The molecule has 1 atom stereocenters. The minimum absolute atomic E-state index is 0.0369. The summed E-state index contributed by atoms with van der Waals surface area (Å²) in [6.45, 7) is 2.43. The van der Waals surface area contributed by atoms with Gasteiger partial charge in [-0.05, 0) is 25.5 Å². The number of ether oxygens (including phenoxy) is 2. The lowest BCUT2D eigenvalue weighted by molar-refractivity contribution is 0.0693. The Labute approximate surface area is 123 Å². The first-order valence-electron chi connectivity index (χ1n) is 6.45. The van der Waals surface area contributed by atoms with Crippen molar-refractivity contribution in [3.8, 4) is 5.75 Å². The maximum absolute atomic E-state index is 11.8. The number of anilines is 1. The number of carbonyl (C=O) groups excluding carboxylic acids is 1. The minimum atomic E-state index is -1.09. The van der Waals surface area contributed by atoms with E-state index < -0.39 is 5.97 Å². The highest BCUT2D eigenvalue weighted by molar-refractivity contribution is 5.94. The lowest BCUT2D eigenvalue weighted by atomic mass is 10.2. The van der Waals surface area contributed by atoms with Crippen molar-refractivity contribution in [2.75, 3.05) is 26.1 Å². The molecule has 0 saturated carbocycles. The number of urea groups is 1. The molecule has 0 aliphatic heterocycles. The standard InChI is InChI=1S/C14H20N2O5/c1-9(6-7-20-2)15-14(19)16-10-4-5-11(13(17)18)12(8-10)21-3/h4-5,8-9H,6-7H2,1-3H3,(H,17,18)(H2,15,16,19). The Balaban J connectivity index is 2.66. The summed E-state index contributed by atoms with van der Waals surface area (Å²) in [6.07, 6.45) is 0.700. The van der Waals surface area contributed by atoms with E-state index in [2.05, 4.69) is 10.6 Å². The third-order valence-electron chi connectivity index (χ3n) is 2.82. The van der Waals surface area contributed by atoms with Crippen molar-refractivity contribution in [3.05, 3.63) is 23.8 Å². The molecule has 1 unspecified atom stereocenters. The molecule has 7 nitrogen and oxygen atoms in total. The van der Waals surface area contributed by atoms with Crippen LogP contribution in [0, 0.1) is 0 Å². The summed E-state index contributed by atoms with van der Waals surface area (Å²) in [4.78, 5) is 22.8. The Kier molecular flexibility index (Phi) is 6.48. The number of rotatable bonds is 7. The summed E-state index contributed by atoms with van der Waals surface area (Å²) in [5, 5.41) is 14.4. The molecule has 0 bridgehead atoms. The van der Waals surface area contributed by atoms with Gasteiger partial charge in [0, 0.05) is 31.5 Å². The topological polar surface area (TPSA) is 96.9 Å². The van der Waals surface area contributed by atoms with Crippen LogP contribution < -0.4 is 15.4 Å². The lowest BCUT2D eigenvalue weighted by Crippen LogP contribution is -2.36. The van der Waals surface area contributed by atoms with Crippen molar-refractivity contribution < 1.29 is 24.2 Å². The summed E-state index contributed by atoms with van der Waals surface area (Å²) >= 11 is 0. The first-order valence-corrected chi connectivity index (χ1v) is 6.45. The van der Waals surface area contributed by atoms with Crippen LogP contribution in [0.4, 0.5) is 10.5 Å². The van der Waals surface area contributed by atoms with E-state index in [9.17, 15) is 9.59 Å². The van der Waals surface area contributed by atoms with Crippen molar-refractivity contribution in [1.29, 1.82) is 0 Å². The summed E-state index contributed by atoms with van der Waals surface area (Å²) in [5.74, 6) is -0.899. The second-order valence-electron chi connectivity index (χ2n) is 4.50. The Morgan fingerprint density at radius 1 is 1.33 bits per heavy atom. The highest BCUT2D eigenvalue weighted by Gasteiger charge is 2.13. The monoisotopic (exact) mass is 296 g/mol. The molecule has 0 aliphatic carbocycles. The molecule has 0 heterocycles. The molecule has 0 aliphatic rings. The number of amides is 2. The lowest BCUT2D eigenvalue weighted by Gasteiger charge is -2.15. The normalized spacial score (nSPS) is 11.6. The van der Waals surface area contributed by atoms with E-state index in [0.29, 0.717) is 18.7 Å². The number of carbonyl (C=O) groups is 2. The van der Waals surface area contributed by atoms with Gasteiger partial charge in [0.1, 0.15) is 11.3 Å². The molecule has 1 aromatic rings. The Morgan fingerprint density at radius 2 is 2.05 bits per heavy atom. The van der Waals surface area contributed by atoms with Crippen LogP contribution in [-0.4, -0.2) is 44.0 Å². The molecule has 7 heteroatoms. The molecular weight excluding hydrogens is 276 g/mol. The highest BCUT2D eigenvalue weighted by atomic mass is 16.5. The van der Waals surface area contributed by atoms with Gasteiger partial charge in [0.15, 0.2) is 0 Å². The largest absolute Gasteiger partial charge is 0.496 e. The van der Waals surface area contributed by atoms with Gasteiger partial charge in [-0.3, -0.25) is 0 Å². The van der Waals surface area contributed by atoms with Gasteiger partial charge in [0.2, 0.25) is 0 Å². The number of hydrogen-bond acceptors (Lipinski definition) is 4. The predicted octanol–water partition coefficient (Wildman–Crippen LogP) is 1.94. The van der Waals surface area contributed by atoms with Crippen molar-refractivity contribution in [2.24, 2.45) is 0 Å². The third-order valence-corrected chi connectivity index (χ3v) is 2.82.